The maximum absolute atomic E-state index is 14.2. The molecule has 2 heterocycles. The number of aromatic nitrogens is 1. The molecule has 1 aliphatic heterocycles. The van der Waals surface area contributed by atoms with Crippen LogP contribution in [0, 0.1) is 17.6 Å². The van der Waals surface area contributed by atoms with Crippen molar-refractivity contribution < 1.29 is 8.78 Å². The third kappa shape index (κ3) is 2.01. The highest BCUT2D eigenvalue weighted by Gasteiger charge is 2.20. The predicted molar refractivity (Wildman–Crippen MR) is 67.5 cm³/mol. The number of H-pyrrole nitrogens is 1. The third-order valence-electron chi connectivity index (χ3n) is 3.79. The van der Waals surface area contributed by atoms with E-state index >= 15 is 0 Å². The molecule has 1 aromatic carbocycles. The molecule has 18 heavy (non-hydrogen) atoms. The van der Waals surface area contributed by atoms with Crippen LogP contribution in [0.4, 0.5) is 8.78 Å². The van der Waals surface area contributed by atoms with Gasteiger partial charge in [-0.25, -0.2) is 8.78 Å². The van der Waals surface area contributed by atoms with Crippen LogP contribution in [0.25, 0.3) is 10.9 Å². The molecule has 1 aromatic heterocycles. The maximum Gasteiger partial charge on any atom is 0.153 e. The van der Waals surface area contributed by atoms with Crippen LogP contribution in [0.2, 0.25) is 0 Å². The van der Waals surface area contributed by atoms with Crippen molar-refractivity contribution in [3.63, 3.8) is 0 Å². The largest absolute Gasteiger partial charge is 0.359 e. The molecule has 3 rings (SSSR count). The summed E-state index contributed by atoms with van der Waals surface area (Å²) in [5.74, 6) is -0.464. The zero-order chi connectivity index (χ0) is 12.5. The van der Waals surface area contributed by atoms with E-state index in [4.69, 9.17) is 0 Å². The summed E-state index contributed by atoms with van der Waals surface area (Å²) >= 11 is 0. The van der Waals surface area contributed by atoms with Gasteiger partial charge >= 0.3 is 0 Å². The number of rotatable bonds is 2. The van der Waals surface area contributed by atoms with Crippen molar-refractivity contribution in [2.75, 3.05) is 13.1 Å². The molecule has 2 aromatic rings. The Morgan fingerprint density at radius 1 is 1.22 bits per heavy atom. The molecule has 0 radical (unpaired) electrons. The molecular weight excluding hydrogens is 234 g/mol. The summed E-state index contributed by atoms with van der Waals surface area (Å²) in [6.07, 6.45) is 4.11. The van der Waals surface area contributed by atoms with Crippen molar-refractivity contribution in [2.45, 2.75) is 19.3 Å². The van der Waals surface area contributed by atoms with Crippen LogP contribution in [-0.4, -0.2) is 18.1 Å². The van der Waals surface area contributed by atoms with Crippen molar-refractivity contribution in [3.8, 4) is 0 Å². The normalized spacial score (nSPS) is 17.4. The van der Waals surface area contributed by atoms with Gasteiger partial charge in [0.1, 0.15) is 5.82 Å². The molecule has 2 N–H and O–H groups in total. The molecule has 1 saturated heterocycles. The monoisotopic (exact) mass is 250 g/mol. The molecule has 0 unspecified atom stereocenters. The van der Waals surface area contributed by atoms with E-state index in [2.05, 4.69) is 10.3 Å². The molecule has 0 aliphatic carbocycles. The highest BCUT2D eigenvalue weighted by Crippen LogP contribution is 2.27. The summed E-state index contributed by atoms with van der Waals surface area (Å²) < 4.78 is 28.2. The van der Waals surface area contributed by atoms with Crippen molar-refractivity contribution in [2.24, 2.45) is 5.92 Å². The minimum Gasteiger partial charge on any atom is -0.359 e. The summed E-state index contributed by atoms with van der Waals surface area (Å²) in [6, 6.07) is 3.11. The van der Waals surface area contributed by atoms with Crippen LogP contribution in [0.5, 0.6) is 0 Å². The second-order valence-electron chi connectivity index (χ2n) is 4.99. The molecule has 1 aliphatic rings. The van der Waals surface area contributed by atoms with Gasteiger partial charge in [-0.3, -0.25) is 0 Å². The van der Waals surface area contributed by atoms with Gasteiger partial charge in [-0.2, -0.15) is 0 Å². The van der Waals surface area contributed by atoms with E-state index in [1.54, 1.807) is 12.3 Å². The molecule has 0 atom stereocenters. The second-order valence-corrected chi connectivity index (χ2v) is 4.99. The maximum atomic E-state index is 14.2. The Balaban J connectivity index is 1.94. The van der Waals surface area contributed by atoms with Crippen LogP contribution >= 0.6 is 0 Å². The van der Waals surface area contributed by atoms with Crippen LogP contribution in [0.1, 0.15) is 18.4 Å². The number of nitrogens with one attached hydrogen (secondary N) is 2. The fraction of sp³-hybridized carbons (Fsp3) is 0.429. The van der Waals surface area contributed by atoms with Crippen molar-refractivity contribution in [1.29, 1.82) is 0 Å². The summed E-state index contributed by atoms with van der Waals surface area (Å²) in [5, 5.41) is 3.86. The van der Waals surface area contributed by atoms with Crippen molar-refractivity contribution in [3.05, 3.63) is 35.5 Å². The van der Waals surface area contributed by atoms with Gasteiger partial charge in [0, 0.05) is 17.1 Å². The van der Waals surface area contributed by atoms with Gasteiger partial charge in [0.2, 0.25) is 0 Å². The Morgan fingerprint density at radius 2 is 2.00 bits per heavy atom. The van der Waals surface area contributed by atoms with Crippen molar-refractivity contribution >= 4 is 10.9 Å². The lowest BCUT2D eigenvalue weighted by atomic mass is 9.90. The van der Waals surface area contributed by atoms with E-state index in [1.807, 2.05) is 0 Å². The molecular formula is C14H16F2N2. The van der Waals surface area contributed by atoms with E-state index in [0.29, 0.717) is 23.2 Å². The van der Waals surface area contributed by atoms with E-state index in [9.17, 15) is 8.78 Å². The summed E-state index contributed by atoms with van der Waals surface area (Å²) in [7, 11) is 0. The van der Waals surface area contributed by atoms with Crippen LogP contribution in [0.15, 0.2) is 18.3 Å². The van der Waals surface area contributed by atoms with E-state index in [-0.39, 0.29) is 5.56 Å². The Hall–Kier alpha value is -1.42. The van der Waals surface area contributed by atoms with E-state index < -0.39 is 11.6 Å². The highest BCUT2D eigenvalue weighted by molar-refractivity contribution is 5.80. The zero-order valence-electron chi connectivity index (χ0n) is 10.1. The molecule has 4 heteroatoms. The average Bonchev–Trinajstić information content (AvgIpc) is 2.84. The minimum absolute atomic E-state index is 0.233. The number of hydrogen-bond acceptors (Lipinski definition) is 1. The molecule has 1 fully saturated rings. The Kier molecular flexibility index (Phi) is 3.04. The number of aromatic amines is 1. The fourth-order valence-electron chi connectivity index (χ4n) is 2.73. The first-order valence-corrected chi connectivity index (χ1v) is 6.40. The van der Waals surface area contributed by atoms with Gasteiger partial charge in [-0.05, 0) is 50.4 Å². The van der Waals surface area contributed by atoms with Crippen LogP contribution < -0.4 is 5.32 Å². The summed E-state index contributed by atoms with van der Waals surface area (Å²) in [4.78, 5) is 2.84. The summed E-state index contributed by atoms with van der Waals surface area (Å²) in [5.41, 5.74) is 0.650. The summed E-state index contributed by atoms with van der Waals surface area (Å²) in [6.45, 7) is 1.89. The number of piperidine rings is 1. The Bertz CT molecular complexity index is 556. The fourth-order valence-corrected chi connectivity index (χ4v) is 2.73. The zero-order valence-corrected chi connectivity index (χ0v) is 10.1. The van der Waals surface area contributed by atoms with Crippen LogP contribution in [0.3, 0.4) is 0 Å². The second kappa shape index (κ2) is 4.69. The topological polar surface area (TPSA) is 27.8 Å². The van der Waals surface area contributed by atoms with Gasteiger partial charge in [0.15, 0.2) is 5.82 Å². The van der Waals surface area contributed by atoms with Gasteiger partial charge in [-0.1, -0.05) is 0 Å². The Labute approximate surface area is 104 Å². The quantitative estimate of drug-likeness (QED) is 0.842. The average molecular weight is 250 g/mol. The molecule has 0 spiro atoms. The smallest absolute Gasteiger partial charge is 0.153 e. The van der Waals surface area contributed by atoms with Crippen LogP contribution in [-0.2, 0) is 6.42 Å². The number of hydrogen-bond donors (Lipinski definition) is 2. The lowest BCUT2D eigenvalue weighted by Crippen LogP contribution is -2.29. The molecule has 96 valence electrons. The van der Waals surface area contributed by atoms with E-state index in [1.165, 1.54) is 6.07 Å². The first-order chi connectivity index (χ1) is 8.75. The van der Waals surface area contributed by atoms with Gasteiger partial charge in [0.05, 0.1) is 5.52 Å². The molecule has 0 saturated carbocycles. The lowest BCUT2D eigenvalue weighted by molar-refractivity contribution is 0.364. The first kappa shape index (κ1) is 11.7. The Morgan fingerprint density at radius 3 is 2.78 bits per heavy atom. The van der Waals surface area contributed by atoms with Crippen molar-refractivity contribution in [1.82, 2.24) is 10.3 Å². The molecule has 0 amide bonds. The van der Waals surface area contributed by atoms with Gasteiger partial charge in [-0.15, -0.1) is 0 Å². The standard InChI is InChI=1S/C14H16F2N2/c15-12-8-10-3-6-18-14(10)13(16)11(12)7-9-1-4-17-5-2-9/h3,6,8-9,17-18H,1-2,4-5,7H2. The number of fused-ring (bicyclic) bond motifs is 1. The highest BCUT2D eigenvalue weighted by atomic mass is 19.1. The van der Waals surface area contributed by atoms with Gasteiger partial charge in [0.25, 0.3) is 0 Å². The molecule has 0 bridgehead atoms. The predicted octanol–water partition coefficient (Wildman–Crippen LogP) is 2.99. The SMILES string of the molecule is Fc1cc2cc[nH]c2c(F)c1CC1CCNCC1. The van der Waals surface area contributed by atoms with E-state index in [0.717, 1.165) is 25.9 Å². The third-order valence-corrected chi connectivity index (χ3v) is 3.79. The molecule has 2 nitrogen and oxygen atoms in total. The number of benzene rings is 1. The first-order valence-electron chi connectivity index (χ1n) is 6.40. The lowest BCUT2D eigenvalue weighted by Gasteiger charge is -2.23. The minimum atomic E-state index is -0.423. The van der Waals surface area contributed by atoms with Gasteiger partial charge < -0.3 is 10.3 Å². The number of halogens is 2.